The van der Waals surface area contributed by atoms with Crippen LogP contribution in [0, 0.1) is 0 Å². The van der Waals surface area contributed by atoms with Gasteiger partial charge in [-0.1, -0.05) is 30.3 Å². The van der Waals surface area contributed by atoms with Crippen molar-refractivity contribution in [2.45, 2.75) is 19.0 Å². The van der Waals surface area contributed by atoms with E-state index < -0.39 is 0 Å². The number of rotatable bonds is 4. The molecule has 1 unspecified atom stereocenters. The summed E-state index contributed by atoms with van der Waals surface area (Å²) in [6.07, 6.45) is 1.03. The van der Waals surface area contributed by atoms with Crippen molar-refractivity contribution in [3.05, 3.63) is 59.2 Å². The molecule has 2 aliphatic heterocycles. The molecule has 4 heteroatoms. The van der Waals surface area contributed by atoms with Gasteiger partial charge in [0.2, 0.25) is 0 Å². The second-order valence-electron chi connectivity index (χ2n) is 6.47. The van der Waals surface area contributed by atoms with Crippen molar-refractivity contribution in [1.29, 1.82) is 0 Å². The van der Waals surface area contributed by atoms with Crippen molar-refractivity contribution in [2.75, 3.05) is 33.4 Å². The van der Waals surface area contributed by atoms with Gasteiger partial charge in [0, 0.05) is 38.2 Å². The lowest BCUT2D eigenvalue weighted by Gasteiger charge is -2.37. The molecule has 0 saturated carbocycles. The summed E-state index contributed by atoms with van der Waals surface area (Å²) >= 11 is 0. The minimum absolute atomic E-state index is 0.333. The summed E-state index contributed by atoms with van der Waals surface area (Å²) in [5, 5.41) is 3.52. The minimum atomic E-state index is 0.333. The Morgan fingerprint density at radius 3 is 3.08 bits per heavy atom. The predicted octanol–water partition coefficient (Wildman–Crippen LogP) is 2.78. The van der Waals surface area contributed by atoms with Crippen molar-refractivity contribution >= 4 is 0 Å². The summed E-state index contributed by atoms with van der Waals surface area (Å²) in [6.45, 7) is 4.79. The number of fused-ring (bicyclic) bond motifs is 1. The van der Waals surface area contributed by atoms with Crippen LogP contribution in [-0.2, 0) is 13.0 Å². The average Bonchev–Trinajstić information content (AvgIpc) is 3.10. The molecule has 0 aromatic heterocycles. The molecular weight excluding hydrogens is 300 g/mol. The van der Waals surface area contributed by atoms with Crippen LogP contribution < -0.4 is 14.8 Å². The Bertz CT molecular complexity index is 717. The van der Waals surface area contributed by atoms with E-state index in [2.05, 4.69) is 46.6 Å². The first-order chi connectivity index (χ1) is 11.8. The van der Waals surface area contributed by atoms with Gasteiger partial charge in [-0.3, -0.25) is 4.90 Å². The maximum Gasteiger partial charge on any atom is 0.123 e. The van der Waals surface area contributed by atoms with Crippen LogP contribution in [0.4, 0.5) is 0 Å². The van der Waals surface area contributed by atoms with Crippen LogP contribution >= 0.6 is 0 Å². The number of hydrogen-bond donors (Lipinski definition) is 1. The first kappa shape index (κ1) is 15.5. The zero-order valence-electron chi connectivity index (χ0n) is 14.1. The fraction of sp³-hybridized carbons (Fsp3) is 0.400. The number of ether oxygens (including phenoxy) is 2. The molecule has 1 saturated heterocycles. The molecule has 1 N–H and O–H groups in total. The second-order valence-corrected chi connectivity index (χ2v) is 6.47. The van der Waals surface area contributed by atoms with E-state index in [4.69, 9.17) is 9.47 Å². The Morgan fingerprint density at radius 2 is 2.17 bits per heavy atom. The van der Waals surface area contributed by atoms with Gasteiger partial charge in [0.1, 0.15) is 11.5 Å². The topological polar surface area (TPSA) is 33.7 Å². The Hall–Kier alpha value is -2.04. The largest absolute Gasteiger partial charge is 0.496 e. The molecule has 0 amide bonds. The summed E-state index contributed by atoms with van der Waals surface area (Å²) in [4.78, 5) is 2.55. The summed E-state index contributed by atoms with van der Waals surface area (Å²) in [5.41, 5.74) is 3.97. The summed E-state index contributed by atoms with van der Waals surface area (Å²) in [7, 11) is 1.75. The lowest BCUT2D eigenvalue weighted by molar-refractivity contribution is 0.151. The molecule has 2 aliphatic rings. The van der Waals surface area contributed by atoms with E-state index in [9.17, 15) is 0 Å². The lowest BCUT2D eigenvalue weighted by Crippen LogP contribution is -2.45. The quantitative estimate of drug-likeness (QED) is 0.938. The van der Waals surface area contributed by atoms with E-state index >= 15 is 0 Å². The molecular formula is C20H24N2O2. The number of para-hydroxylation sites is 1. The van der Waals surface area contributed by atoms with Crippen LogP contribution in [0.1, 0.15) is 22.7 Å². The van der Waals surface area contributed by atoms with Gasteiger partial charge in [-0.2, -0.15) is 0 Å². The second kappa shape index (κ2) is 6.83. The van der Waals surface area contributed by atoms with Crippen LogP contribution in [0.25, 0.3) is 0 Å². The molecule has 0 bridgehead atoms. The Morgan fingerprint density at radius 1 is 1.25 bits per heavy atom. The van der Waals surface area contributed by atoms with Crippen LogP contribution in [0.5, 0.6) is 11.5 Å². The summed E-state index contributed by atoms with van der Waals surface area (Å²) in [6, 6.07) is 15.3. The van der Waals surface area contributed by atoms with Crippen molar-refractivity contribution in [3.63, 3.8) is 0 Å². The zero-order valence-corrected chi connectivity index (χ0v) is 14.1. The van der Waals surface area contributed by atoms with E-state index in [0.717, 1.165) is 50.7 Å². The number of nitrogens with zero attached hydrogens (tertiary/aromatic N) is 1. The van der Waals surface area contributed by atoms with E-state index in [-0.39, 0.29) is 0 Å². The molecule has 0 aliphatic carbocycles. The maximum absolute atomic E-state index is 5.62. The van der Waals surface area contributed by atoms with Crippen LogP contribution in [0.2, 0.25) is 0 Å². The molecule has 4 rings (SSSR count). The Balaban J connectivity index is 1.58. The number of benzene rings is 2. The van der Waals surface area contributed by atoms with Gasteiger partial charge in [0.25, 0.3) is 0 Å². The smallest absolute Gasteiger partial charge is 0.123 e. The van der Waals surface area contributed by atoms with Crippen LogP contribution in [0.15, 0.2) is 42.5 Å². The van der Waals surface area contributed by atoms with Crippen molar-refractivity contribution in [3.8, 4) is 11.5 Å². The highest BCUT2D eigenvalue weighted by Crippen LogP contribution is 2.32. The molecule has 1 atom stereocenters. The first-order valence-corrected chi connectivity index (χ1v) is 8.67. The van der Waals surface area contributed by atoms with Gasteiger partial charge in [0.15, 0.2) is 0 Å². The summed E-state index contributed by atoms with van der Waals surface area (Å²) in [5.74, 6) is 2.03. The first-order valence-electron chi connectivity index (χ1n) is 8.67. The standard InChI is InChI=1S/C20H24N2O2/c1-23-20-5-3-2-4-17(20)18-13-21-9-10-22(18)14-15-6-7-19-16(12-15)8-11-24-19/h2-7,12,18,21H,8-11,13-14H2,1H3. The predicted molar refractivity (Wildman–Crippen MR) is 94.7 cm³/mol. The number of hydrogen-bond acceptors (Lipinski definition) is 4. The third-order valence-corrected chi connectivity index (χ3v) is 4.99. The van der Waals surface area contributed by atoms with Crippen molar-refractivity contribution < 1.29 is 9.47 Å². The molecule has 1 fully saturated rings. The fourth-order valence-corrected chi connectivity index (χ4v) is 3.76. The number of piperazine rings is 1. The minimum Gasteiger partial charge on any atom is -0.496 e. The fourth-order valence-electron chi connectivity index (χ4n) is 3.76. The molecule has 0 radical (unpaired) electrons. The summed E-state index contributed by atoms with van der Waals surface area (Å²) < 4.78 is 11.2. The van der Waals surface area contributed by atoms with Crippen molar-refractivity contribution in [2.24, 2.45) is 0 Å². The SMILES string of the molecule is COc1ccccc1C1CNCCN1Cc1ccc2c(c1)CCO2. The van der Waals surface area contributed by atoms with Gasteiger partial charge < -0.3 is 14.8 Å². The van der Waals surface area contributed by atoms with Crippen LogP contribution in [0.3, 0.4) is 0 Å². The van der Waals surface area contributed by atoms with Gasteiger partial charge in [-0.05, 0) is 23.3 Å². The van der Waals surface area contributed by atoms with Crippen LogP contribution in [-0.4, -0.2) is 38.3 Å². The average molecular weight is 324 g/mol. The molecule has 4 nitrogen and oxygen atoms in total. The highest BCUT2D eigenvalue weighted by Gasteiger charge is 2.26. The van der Waals surface area contributed by atoms with E-state index in [1.165, 1.54) is 16.7 Å². The number of nitrogens with one attached hydrogen (secondary N) is 1. The van der Waals surface area contributed by atoms with Gasteiger partial charge in [0.05, 0.1) is 19.8 Å². The van der Waals surface area contributed by atoms with Gasteiger partial charge >= 0.3 is 0 Å². The highest BCUT2D eigenvalue weighted by atomic mass is 16.5. The molecule has 2 heterocycles. The highest BCUT2D eigenvalue weighted by molar-refractivity contribution is 5.40. The van der Waals surface area contributed by atoms with Gasteiger partial charge in [-0.25, -0.2) is 0 Å². The van der Waals surface area contributed by atoms with E-state index in [1.807, 2.05) is 6.07 Å². The third kappa shape index (κ3) is 2.99. The van der Waals surface area contributed by atoms with Crippen molar-refractivity contribution in [1.82, 2.24) is 10.2 Å². The molecule has 24 heavy (non-hydrogen) atoms. The number of methoxy groups -OCH3 is 1. The molecule has 0 spiro atoms. The Labute approximate surface area is 143 Å². The Kier molecular flexibility index (Phi) is 4.41. The lowest BCUT2D eigenvalue weighted by atomic mass is 10.0. The molecule has 126 valence electrons. The maximum atomic E-state index is 5.62. The van der Waals surface area contributed by atoms with E-state index in [0.29, 0.717) is 6.04 Å². The zero-order chi connectivity index (χ0) is 16.4. The van der Waals surface area contributed by atoms with E-state index in [1.54, 1.807) is 7.11 Å². The third-order valence-electron chi connectivity index (χ3n) is 4.99. The molecule has 2 aromatic rings. The van der Waals surface area contributed by atoms with Gasteiger partial charge in [-0.15, -0.1) is 0 Å². The molecule has 2 aromatic carbocycles. The normalized spacial score (nSPS) is 20.5. The monoisotopic (exact) mass is 324 g/mol.